The highest BCUT2D eigenvalue weighted by molar-refractivity contribution is 6.14. The lowest BCUT2D eigenvalue weighted by Crippen LogP contribution is -2.00. The third kappa shape index (κ3) is 6.53. The van der Waals surface area contributed by atoms with Crippen molar-refractivity contribution >= 4 is 65.7 Å². The summed E-state index contributed by atoms with van der Waals surface area (Å²) in [4.78, 5) is 15.5. The molecule has 4 heterocycles. The van der Waals surface area contributed by atoms with Crippen molar-refractivity contribution in [3.8, 4) is 73.2 Å². The van der Waals surface area contributed by atoms with Crippen LogP contribution in [0.2, 0.25) is 0 Å². The lowest BCUT2D eigenvalue weighted by molar-refractivity contribution is 0.668. The molecule has 10 aromatic carbocycles. The Hall–Kier alpha value is -9.39. The fraction of sp³-hybridized carbons (Fsp3) is 0. The number of hydrogen-bond acceptors (Lipinski definition) is 5. The molecule has 0 saturated carbocycles. The van der Waals surface area contributed by atoms with Crippen LogP contribution in [0.5, 0.6) is 0 Å². The quantitative estimate of drug-likeness (QED) is 0.159. The molecule has 0 radical (unpaired) electrons. The molecule has 0 saturated heterocycles. The van der Waals surface area contributed by atoms with E-state index in [1.807, 2.05) is 60.7 Å². The third-order valence-electron chi connectivity index (χ3n) is 13.5. The van der Waals surface area contributed by atoms with E-state index in [1.54, 1.807) is 0 Å². The molecule has 0 unspecified atom stereocenters. The zero-order valence-electron chi connectivity index (χ0n) is 37.0. The van der Waals surface area contributed by atoms with E-state index in [0.29, 0.717) is 17.5 Å². The molecule has 0 aliphatic rings. The lowest BCUT2D eigenvalue weighted by Gasteiger charge is -2.10. The second kappa shape index (κ2) is 15.6. The number of hydrogen-bond donors (Lipinski definition) is 0. The average Bonchev–Trinajstić information content (AvgIpc) is 4.10. The van der Waals surface area contributed by atoms with Gasteiger partial charge in [-0.15, -0.1) is 0 Å². The molecule has 4 aromatic heterocycles. The van der Waals surface area contributed by atoms with Crippen molar-refractivity contribution < 1.29 is 8.83 Å². The first kappa shape index (κ1) is 38.8. The van der Waals surface area contributed by atoms with Crippen molar-refractivity contribution in [2.75, 3.05) is 0 Å². The zero-order valence-corrected chi connectivity index (χ0v) is 37.0. The van der Waals surface area contributed by atoms with Gasteiger partial charge in [-0.25, -0.2) is 15.0 Å². The van der Waals surface area contributed by atoms with Crippen molar-refractivity contribution in [2.24, 2.45) is 0 Å². The summed E-state index contributed by atoms with van der Waals surface area (Å²) in [6.45, 7) is 0. The summed E-state index contributed by atoms with van der Waals surface area (Å²) in [6, 6.07) is 80.5. The van der Waals surface area contributed by atoms with Gasteiger partial charge in [-0.1, -0.05) is 164 Å². The van der Waals surface area contributed by atoms with Crippen molar-refractivity contribution in [3.63, 3.8) is 0 Å². The van der Waals surface area contributed by atoms with Gasteiger partial charge in [0.05, 0.1) is 11.0 Å². The van der Waals surface area contributed by atoms with Crippen LogP contribution in [0.4, 0.5) is 0 Å². The molecular formula is C63H38N4O2. The van der Waals surface area contributed by atoms with E-state index in [0.717, 1.165) is 99.5 Å². The molecule has 0 amide bonds. The van der Waals surface area contributed by atoms with Gasteiger partial charge >= 0.3 is 0 Å². The first-order valence-corrected chi connectivity index (χ1v) is 23.2. The predicted molar refractivity (Wildman–Crippen MR) is 281 cm³/mol. The highest BCUT2D eigenvalue weighted by Gasteiger charge is 2.20. The molecule has 14 aromatic rings. The maximum atomic E-state index is 6.59. The van der Waals surface area contributed by atoms with E-state index in [-0.39, 0.29) is 0 Å². The van der Waals surface area contributed by atoms with Crippen LogP contribution in [0.1, 0.15) is 0 Å². The van der Waals surface area contributed by atoms with E-state index in [4.69, 9.17) is 23.8 Å². The molecule has 0 aliphatic carbocycles. The number of benzene rings is 10. The van der Waals surface area contributed by atoms with Gasteiger partial charge in [-0.05, 0) is 100 Å². The van der Waals surface area contributed by atoms with E-state index in [2.05, 4.69) is 174 Å². The fourth-order valence-electron chi connectivity index (χ4n) is 10.1. The number of fused-ring (bicyclic) bond motifs is 9. The van der Waals surface area contributed by atoms with Crippen LogP contribution in [-0.2, 0) is 0 Å². The monoisotopic (exact) mass is 882 g/mol. The largest absolute Gasteiger partial charge is 0.456 e. The van der Waals surface area contributed by atoms with Crippen molar-refractivity contribution in [1.29, 1.82) is 0 Å². The van der Waals surface area contributed by atoms with E-state index >= 15 is 0 Å². The molecule has 0 N–H and O–H groups in total. The minimum atomic E-state index is 0.570. The highest BCUT2D eigenvalue weighted by atomic mass is 16.3. The number of para-hydroxylation sites is 2. The second-order valence-electron chi connectivity index (χ2n) is 17.6. The average molecular weight is 883 g/mol. The minimum Gasteiger partial charge on any atom is -0.456 e. The van der Waals surface area contributed by atoms with Gasteiger partial charge in [0.2, 0.25) is 0 Å². The van der Waals surface area contributed by atoms with Gasteiger partial charge in [-0.3, -0.25) is 0 Å². The summed E-state index contributed by atoms with van der Waals surface area (Å²) in [7, 11) is 0. The summed E-state index contributed by atoms with van der Waals surface area (Å²) >= 11 is 0. The van der Waals surface area contributed by atoms with Crippen LogP contribution in [0.25, 0.3) is 139 Å². The van der Waals surface area contributed by atoms with Crippen LogP contribution < -0.4 is 0 Å². The Balaban J connectivity index is 0.888. The van der Waals surface area contributed by atoms with E-state index < -0.39 is 0 Å². The minimum absolute atomic E-state index is 0.570. The lowest BCUT2D eigenvalue weighted by atomic mass is 9.99. The van der Waals surface area contributed by atoms with Crippen molar-refractivity contribution in [3.05, 3.63) is 231 Å². The van der Waals surface area contributed by atoms with Crippen molar-refractivity contribution in [2.45, 2.75) is 0 Å². The van der Waals surface area contributed by atoms with Gasteiger partial charge in [-0.2, -0.15) is 0 Å². The van der Waals surface area contributed by atoms with Gasteiger partial charge in [0.25, 0.3) is 0 Å². The SMILES string of the molecule is c1ccc(-c2ccc3c(c2)c2ccc(-c4ccc5oc6cccc(-c7nc(-c8ccccc8)nc(-c8ccc(-c9ccc%10c(c9)oc9ccccc9%10)cc8)n7)c6c5c4)cc2n3-c2ccccc2)cc1. The number of rotatable bonds is 7. The number of aromatic nitrogens is 4. The van der Waals surface area contributed by atoms with Crippen LogP contribution in [0, 0.1) is 0 Å². The number of furan rings is 2. The zero-order chi connectivity index (χ0) is 45.4. The van der Waals surface area contributed by atoms with Gasteiger partial charge in [0, 0.05) is 54.7 Å². The van der Waals surface area contributed by atoms with Crippen LogP contribution in [-0.4, -0.2) is 19.5 Å². The summed E-state index contributed by atoms with van der Waals surface area (Å²) in [5.41, 5.74) is 16.1. The maximum Gasteiger partial charge on any atom is 0.164 e. The molecule has 69 heavy (non-hydrogen) atoms. The summed E-state index contributed by atoms with van der Waals surface area (Å²) in [6.07, 6.45) is 0. The highest BCUT2D eigenvalue weighted by Crippen LogP contribution is 2.41. The Morgan fingerprint density at radius 2 is 0.783 bits per heavy atom. The standard InChI is InChI=1S/C63H38N4O2/c1-4-13-39(14-5-1)43-29-33-54-52(35-43)48-31-27-45(37-55(48)67(54)47-17-8-3-9-18-47)44-30-34-57-53(36-44)60-51(20-12-22-58(60)68-57)63-65-61(41-15-6-2-7-16-41)64-62(66-63)42-25-23-40(24-26-42)46-28-32-50-49-19-10-11-21-56(49)69-59(50)38-46/h1-38H. The molecule has 0 aliphatic heterocycles. The summed E-state index contributed by atoms with van der Waals surface area (Å²) < 4.78 is 15.2. The molecule has 0 spiro atoms. The van der Waals surface area contributed by atoms with Crippen LogP contribution in [0.15, 0.2) is 239 Å². The molecule has 6 nitrogen and oxygen atoms in total. The fourth-order valence-corrected chi connectivity index (χ4v) is 10.1. The molecule has 0 fully saturated rings. The molecule has 322 valence electrons. The van der Waals surface area contributed by atoms with Gasteiger partial charge in [0.1, 0.15) is 22.3 Å². The predicted octanol–water partition coefficient (Wildman–Crippen LogP) is 16.8. The molecule has 0 atom stereocenters. The van der Waals surface area contributed by atoms with Crippen LogP contribution >= 0.6 is 0 Å². The molecule has 0 bridgehead atoms. The molecule has 14 rings (SSSR count). The van der Waals surface area contributed by atoms with E-state index in [1.165, 1.54) is 21.9 Å². The Morgan fingerprint density at radius 1 is 0.275 bits per heavy atom. The van der Waals surface area contributed by atoms with Gasteiger partial charge < -0.3 is 13.4 Å². The third-order valence-corrected chi connectivity index (χ3v) is 13.5. The van der Waals surface area contributed by atoms with Crippen molar-refractivity contribution in [1.82, 2.24) is 19.5 Å². The molecule has 6 heteroatoms. The molecular weight excluding hydrogens is 845 g/mol. The number of nitrogens with zero attached hydrogens (tertiary/aromatic N) is 4. The summed E-state index contributed by atoms with van der Waals surface area (Å²) in [5, 5.41) is 6.58. The van der Waals surface area contributed by atoms with Crippen LogP contribution in [0.3, 0.4) is 0 Å². The normalized spacial score (nSPS) is 11.8. The van der Waals surface area contributed by atoms with Gasteiger partial charge in [0.15, 0.2) is 17.5 Å². The Kier molecular flexibility index (Phi) is 8.79. The smallest absolute Gasteiger partial charge is 0.164 e. The van der Waals surface area contributed by atoms with E-state index in [9.17, 15) is 0 Å². The Morgan fingerprint density at radius 3 is 1.58 bits per heavy atom. The first-order chi connectivity index (χ1) is 34.2. The maximum absolute atomic E-state index is 6.59. The first-order valence-electron chi connectivity index (χ1n) is 23.2. The topological polar surface area (TPSA) is 69.9 Å². The Bertz CT molecular complexity index is 4290. The summed E-state index contributed by atoms with van der Waals surface area (Å²) in [5.74, 6) is 1.75. The second-order valence-corrected chi connectivity index (χ2v) is 17.6. The Labute approximate surface area is 396 Å².